The minimum Gasteiger partial charge on any atom is -0.490 e. The molecule has 2 N–H and O–H groups in total. The lowest BCUT2D eigenvalue weighted by Gasteiger charge is -2.33. The van der Waals surface area contributed by atoms with Gasteiger partial charge in [-0.2, -0.15) is 0 Å². The number of nitrogens with zero attached hydrogens (tertiary/aromatic N) is 3. The van der Waals surface area contributed by atoms with Crippen molar-refractivity contribution in [3.8, 4) is 16.9 Å². The van der Waals surface area contributed by atoms with Gasteiger partial charge in [0.05, 0.1) is 18.0 Å². The summed E-state index contributed by atoms with van der Waals surface area (Å²) < 4.78 is 8.13. The smallest absolute Gasteiger partial charge is 0.238 e. The van der Waals surface area contributed by atoms with Crippen molar-refractivity contribution in [2.24, 2.45) is 11.1 Å². The van der Waals surface area contributed by atoms with E-state index in [0.717, 1.165) is 35.2 Å². The Labute approximate surface area is 188 Å². The van der Waals surface area contributed by atoms with Gasteiger partial charge in [-0.3, -0.25) is 9.59 Å². The van der Waals surface area contributed by atoms with E-state index < -0.39 is 11.3 Å². The molecule has 2 amide bonds. The lowest BCUT2D eigenvalue weighted by Crippen LogP contribution is -2.48. The Bertz CT molecular complexity index is 1090. The van der Waals surface area contributed by atoms with E-state index in [1.165, 1.54) is 0 Å². The molecule has 1 saturated carbocycles. The fourth-order valence-corrected chi connectivity index (χ4v) is 4.18. The number of imidazole rings is 1. The molecule has 2 fully saturated rings. The second kappa shape index (κ2) is 9.02. The molecule has 1 aliphatic carbocycles. The van der Waals surface area contributed by atoms with Gasteiger partial charge in [-0.25, -0.2) is 4.98 Å². The Kier molecular flexibility index (Phi) is 6.17. The van der Waals surface area contributed by atoms with Crippen LogP contribution in [-0.4, -0.2) is 45.3 Å². The summed E-state index contributed by atoms with van der Waals surface area (Å²) >= 11 is 0. The topological polar surface area (TPSA) is 89.9 Å². The van der Waals surface area contributed by atoms with E-state index in [1.807, 2.05) is 42.6 Å². The molecule has 3 heterocycles. The van der Waals surface area contributed by atoms with Crippen LogP contribution in [0.2, 0.25) is 0 Å². The Morgan fingerprint density at radius 3 is 2.31 bits per heavy atom. The predicted molar refractivity (Wildman–Crippen MR) is 123 cm³/mol. The van der Waals surface area contributed by atoms with Gasteiger partial charge in [0.15, 0.2) is 0 Å². The molecule has 2 aliphatic rings. The van der Waals surface area contributed by atoms with E-state index in [9.17, 15) is 9.59 Å². The largest absolute Gasteiger partial charge is 0.490 e. The normalized spacial score (nSPS) is 17.4. The highest BCUT2D eigenvalue weighted by Crippen LogP contribution is 2.47. The zero-order valence-corrected chi connectivity index (χ0v) is 18.7. The number of hydrogen-bond acceptors (Lipinski definition) is 4. The summed E-state index contributed by atoms with van der Waals surface area (Å²) in [4.78, 5) is 30.1. The van der Waals surface area contributed by atoms with Crippen LogP contribution in [0.15, 0.2) is 55.1 Å². The van der Waals surface area contributed by atoms with Gasteiger partial charge in [0, 0.05) is 32.1 Å². The van der Waals surface area contributed by atoms with Gasteiger partial charge < -0.3 is 19.8 Å². The predicted octanol–water partition coefficient (Wildman–Crippen LogP) is 3.66. The first-order valence-corrected chi connectivity index (χ1v) is 11.3. The third kappa shape index (κ3) is 4.20. The molecule has 1 saturated heterocycles. The standard InChI is InChI=1S/C23H24N4O3.C2H6/c24-21(28)23(9-10-23)22(29)26-11-7-20(8-12-26)30-19-5-2-16(3-6-19)17-1-4-18-13-25-15-27(18)14-17;1-2/h1-6,13-15,20H,7-12H2,(H2,24,28);1-2H3. The van der Waals surface area contributed by atoms with Crippen LogP contribution in [-0.2, 0) is 9.59 Å². The summed E-state index contributed by atoms with van der Waals surface area (Å²) in [5, 5.41) is 0. The maximum Gasteiger partial charge on any atom is 0.238 e. The molecule has 5 rings (SSSR count). The van der Waals surface area contributed by atoms with Crippen molar-refractivity contribution in [1.29, 1.82) is 0 Å². The summed E-state index contributed by atoms with van der Waals surface area (Å²) in [6.07, 6.45) is 8.41. The van der Waals surface area contributed by atoms with Gasteiger partial charge in [-0.1, -0.05) is 32.0 Å². The van der Waals surface area contributed by atoms with E-state index in [2.05, 4.69) is 29.4 Å². The molecule has 2 aromatic heterocycles. The number of piperidine rings is 1. The van der Waals surface area contributed by atoms with Crippen LogP contribution in [0, 0.1) is 5.41 Å². The number of carbonyl (C=O) groups is 2. The number of ether oxygens (including phenoxy) is 1. The molecule has 0 spiro atoms. The average Bonchev–Trinajstić information content (AvgIpc) is 3.52. The lowest BCUT2D eigenvalue weighted by molar-refractivity contribution is -0.144. The summed E-state index contributed by atoms with van der Waals surface area (Å²) in [6, 6.07) is 12.2. The molecular weight excluding hydrogens is 404 g/mol. The number of rotatable bonds is 5. The third-order valence-corrected chi connectivity index (χ3v) is 6.26. The second-order valence-electron chi connectivity index (χ2n) is 8.22. The number of hydrogen-bond donors (Lipinski definition) is 1. The van der Waals surface area contributed by atoms with Gasteiger partial charge in [0.25, 0.3) is 0 Å². The first kappa shape index (κ1) is 21.9. The number of pyridine rings is 1. The van der Waals surface area contributed by atoms with Crippen molar-refractivity contribution in [3.63, 3.8) is 0 Å². The van der Waals surface area contributed by atoms with Gasteiger partial charge in [0.1, 0.15) is 17.3 Å². The zero-order chi connectivity index (χ0) is 22.7. The Morgan fingerprint density at radius 2 is 1.69 bits per heavy atom. The second-order valence-corrected chi connectivity index (χ2v) is 8.22. The minimum atomic E-state index is -0.927. The average molecular weight is 435 g/mol. The van der Waals surface area contributed by atoms with Gasteiger partial charge in [-0.05, 0) is 42.2 Å². The quantitative estimate of drug-likeness (QED) is 0.621. The number of benzene rings is 1. The number of primary amides is 1. The Hall–Kier alpha value is -3.35. The molecule has 0 radical (unpaired) electrons. The van der Waals surface area contributed by atoms with E-state index in [4.69, 9.17) is 10.5 Å². The molecule has 7 heteroatoms. The summed E-state index contributed by atoms with van der Waals surface area (Å²) in [5.74, 6) is 0.230. The van der Waals surface area contributed by atoms with Crippen LogP contribution in [0.5, 0.6) is 5.75 Å². The number of amides is 2. The molecule has 32 heavy (non-hydrogen) atoms. The van der Waals surface area contributed by atoms with E-state index in [-0.39, 0.29) is 12.0 Å². The van der Waals surface area contributed by atoms with E-state index in [1.54, 1.807) is 11.2 Å². The van der Waals surface area contributed by atoms with Crippen LogP contribution < -0.4 is 10.5 Å². The van der Waals surface area contributed by atoms with Gasteiger partial charge in [0.2, 0.25) is 11.8 Å². The first-order valence-electron chi connectivity index (χ1n) is 11.3. The number of fused-ring (bicyclic) bond motifs is 1. The van der Waals surface area contributed by atoms with Crippen LogP contribution in [0.25, 0.3) is 16.6 Å². The highest BCUT2D eigenvalue weighted by atomic mass is 16.5. The van der Waals surface area contributed by atoms with E-state index >= 15 is 0 Å². The molecule has 0 bridgehead atoms. The van der Waals surface area contributed by atoms with Crippen molar-refractivity contribution in [1.82, 2.24) is 14.3 Å². The van der Waals surface area contributed by atoms with Crippen molar-refractivity contribution in [2.75, 3.05) is 13.1 Å². The summed E-state index contributed by atoms with van der Waals surface area (Å²) in [6.45, 7) is 5.20. The van der Waals surface area contributed by atoms with Crippen LogP contribution in [0.3, 0.4) is 0 Å². The molecule has 0 atom stereocenters. The van der Waals surface area contributed by atoms with Crippen LogP contribution in [0.4, 0.5) is 0 Å². The fourth-order valence-electron chi connectivity index (χ4n) is 4.18. The van der Waals surface area contributed by atoms with Crippen molar-refractivity contribution < 1.29 is 14.3 Å². The molecular formula is C25H30N4O3. The number of aromatic nitrogens is 2. The highest BCUT2D eigenvalue weighted by Gasteiger charge is 2.57. The van der Waals surface area contributed by atoms with Crippen molar-refractivity contribution >= 4 is 17.3 Å². The maximum atomic E-state index is 12.6. The Balaban J connectivity index is 0.00000119. The monoisotopic (exact) mass is 434 g/mol. The van der Waals surface area contributed by atoms with Crippen LogP contribution in [0.1, 0.15) is 39.5 Å². The van der Waals surface area contributed by atoms with Crippen molar-refractivity contribution in [3.05, 3.63) is 55.1 Å². The van der Waals surface area contributed by atoms with Crippen molar-refractivity contribution in [2.45, 2.75) is 45.6 Å². The SMILES string of the molecule is CC.NC(=O)C1(C(=O)N2CCC(Oc3ccc(-c4ccc5cncn5c4)cc3)CC2)CC1. The Morgan fingerprint density at radius 1 is 1.03 bits per heavy atom. The minimum absolute atomic E-state index is 0.0610. The number of nitrogens with two attached hydrogens (primary N) is 1. The number of likely N-dealkylation sites (tertiary alicyclic amines) is 1. The summed E-state index contributed by atoms with van der Waals surface area (Å²) in [7, 11) is 0. The first-order chi connectivity index (χ1) is 15.5. The third-order valence-electron chi connectivity index (χ3n) is 6.26. The number of carbonyl (C=O) groups excluding carboxylic acids is 2. The van der Waals surface area contributed by atoms with Gasteiger partial charge in [-0.15, -0.1) is 0 Å². The van der Waals surface area contributed by atoms with Gasteiger partial charge >= 0.3 is 0 Å². The highest BCUT2D eigenvalue weighted by molar-refractivity contribution is 6.07. The fraction of sp³-hybridized carbons (Fsp3) is 0.400. The molecule has 1 aliphatic heterocycles. The maximum absolute atomic E-state index is 12.6. The van der Waals surface area contributed by atoms with Crippen LogP contribution >= 0.6 is 0 Å². The molecule has 3 aromatic rings. The summed E-state index contributed by atoms with van der Waals surface area (Å²) in [5.41, 5.74) is 7.79. The zero-order valence-electron chi connectivity index (χ0n) is 18.7. The lowest BCUT2D eigenvalue weighted by atomic mass is 10.0. The molecule has 1 aromatic carbocycles. The molecule has 168 valence electrons. The molecule has 7 nitrogen and oxygen atoms in total. The van der Waals surface area contributed by atoms with E-state index in [0.29, 0.717) is 25.9 Å². The molecule has 0 unspecified atom stereocenters.